The number of fused-ring (bicyclic) bond motifs is 1. The van der Waals surface area contributed by atoms with Crippen LogP contribution in [0.5, 0.6) is 5.75 Å². The number of hydrogen-bond donors (Lipinski definition) is 2. The van der Waals surface area contributed by atoms with E-state index in [4.69, 9.17) is 26.6 Å². The molecule has 3 heterocycles. The molecule has 0 aliphatic heterocycles. The van der Waals surface area contributed by atoms with E-state index in [9.17, 15) is 13.2 Å². The average Bonchev–Trinajstić information content (AvgIpc) is 3.57. The van der Waals surface area contributed by atoms with Gasteiger partial charge in [0.05, 0.1) is 45.6 Å². The van der Waals surface area contributed by atoms with Crippen molar-refractivity contribution in [2.45, 2.75) is 51.1 Å². The molecular formula is C30H31ClN8O4S. The molecule has 14 heteroatoms. The summed E-state index contributed by atoms with van der Waals surface area (Å²) in [6.07, 6.45) is 3.20. The number of nitrogens with zero attached hydrogens (tertiary/aromatic N) is 6. The van der Waals surface area contributed by atoms with Crippen molar-refractivity contribution < 1.29 is 13.2 Å². The van der Waals surface area contributed by atoms with E-state index in [2.05, 4.69) is 19.9 Å². The van der Waals surface area contributed by atoms with Crippen LogP contribution in [-0.4, -0.2) is 50.6 Å². The van der Waals surface area contributed by atoms with E-state index in [1.807, 2.05) is 19.9 Å². The lowest BCUT2D eigenvalue weighted by Gasteiger charge is -2.16. The second-order valence-electron chi connectivity index (χ2n) is 10.3. The lowest BCUT2D eigenvalue weighted by molar-refractivity contribution is 0.341. The van der Waals surface area contributed by atoms with Gasteiger partial charge in [-0.15, -0.1) is 0 Å². The smallest absolute Gasteiger partial charge is 0.277 e. The fourth-order valence-electron chi connectivity index (χ4n) is 4.96. The Morgan fingerprint density at radius 3 is 2.66 bits per heavy atom. The molecule has 1 atom stereocenters. The molecule has 0 fully saturated rings. The second kappa shape index (κ2) is 12.6. The molecule has 228 valence electrons. The van der Waals surface area contributed by atoms with E-state index in [1.165, 1.54) is 16.8 Å². The van der Waals surface area contributed by atoms with Gasteiger partial charge in [-0.25, -0.2) is 18.1 Å². The molecule has 0 bridgehead atoms. The van der Waals surface area contributed by atoms with Crippen LogP contribution in [0, 0.1) is 11.3 Å². The Balaban J connectivity index is 1.41. The maximum atomic E-state index is 13.5. The standard InChI is InChI=1S/C30H31ClN8O4S/c1-5-7-25-27-28(38(4)35-25)30(40)34-29(33-27)22-15-21(10-11-26(22)43-6-2)44(41,42)37-18(3)17-39-13-12-24(36-39)19-8-9-20(16-32)23(31)14-19/h8-15,18,37H,5-7,17H2,1-4H3,(H,33,34,40)/t18-/m0/s1. The van der Waals surface area contributed by atoms with Crippen molar-refractivity contribution in [3.8, 4) is 34.5 Å². The number of nitriles is 1. The Hall–Kier alpha value is -4.51. The van der Waals surface area contributed by atoms with E-state index in [0.29, 0.717) is 57.3 Å². The maximum Gasteiger partial charge on any atom is 0.277 e. The summed E-state index contributed by atoms with van der Waals surface area (Å²) in [6.45, 7) is 6.14. The third kappa shape index (κ3) is 6.23. The molecule has 2 N–H and O–H groups in total. The van der Waals surface area contributed by atoms with Gasteiger partial charge in [-0.2, -0.15) is 15.5 Å². The molecule has 2 aromatic carbocycles. The Kier molecular flexibility index (Phi) is 8.87. The monoisotopic (exact) mass is 634 g/mol. The third-order valence-electron chi connectivity index (χ3n) is 6.91. The van der Waals surface area contributed by atoms with Crippen LogP contribution in [0.4, 0.5) is 0 Å². The van der Waals surface area contributed by atoms with E-state index in [0.717, 1.165) is 12.0 Å². The molecule has 0 saturated carbocycles. The summed E-state index contributed by atoms with van der Waals surface area (Å²) in [6, 6.07) is 12.8. The van der Waals surface area contributed by atoms with Crippen LogP contribution in [0.15, 0.2) is 58.4 Å². The van der Waals surface area contributed by atoms with Crippen molar-refractivity contribution in [3.05, 3.63) is 75.3 Å². The normalized spacial score (nSPS) is 12.4. The van der Waals surface area contributed by atoms with Gasteiger partial charge in [-0.1, -0.05) is 31.0 Å². The highest BCUT2D eigenvalue weighted by Crippen LogP contribution is 2.31. The van der Waals surface area contributed by atoms with Crippen LogP contribution in [-0.2, 0) is 30.0 Å². The highest BCUT2D eigenvalue weighted by Gasteiger charge is 2.23. The number of rotatable bonds is 11. The van der Waals surface area contributed by atoms with Crippen molar-refractivity contribution in [3.63, 3.8) is 0 Å². The highest BCUT2D eigenvalue weighted by molar-refractivity contribution is 7.89. The number of aromatic nitrogens is 6. The molecule has 0 unspecified atom stereocenters. The van der Waals surface area contributed by atoms with Crippen LogP contribution < -0.4 is 15.0 Å². The lowest BCUT2D eigenvalue weighted by Crippen LogP contribution is -2.35. The van der Waals surface area contributed by atoms with E-state index < -0.39 is 16.1 Å². The molecule has 0 aliphatic rings. The van der Waals surface area contributed by atoms with Crippen LogP contribution in [0.1, 0.15) is 38.4 Å². The number of benzene rings is 2. The quantitative estimate of drug-likeness (QED) is 0.216. The molecule has 0 aliphatic carbocycles. The number of H-pyrrole nitrogens is 1. The Morgan fingerprint density at radius 2 is 1.95 bits per heavy atom. The summed E-state index contributed by atoms with van der Waals surface area (Å²) >= 11 is 6.17. The van der Waals surface area contributed by atoms with Crippen molar-refractivity contribution in [1.82, 2.24) is 34.3 Å². The predicted octanol–water partition coefficient (Wildman–Crippen LogP) is 4.43. The average molecular weight is 635 g/mol. The first-order valence-electron chi connectivity index (χ1n) is 14.0. The first-order chi connectivity index (χ1) is 21.0. The summed E-state index contributed by atoms with van der Waals surface area (Å²) in [7, 11) is -2.31. The topological polar surface area (TPSA) is 161 Å². The summed E-state index contributed by atoms with van der Waals surface area (Å²) < 4.78 is 38.6. The molecular weight excluding hydrogens is 604 g/mol. The van der Waals surface area contributed by atoms with Crippen LogP contribution in [0.25, 0.3) is 33.7 Å². The second-order valence-corrected chi connectivity index (χ2v) is 12.4. The number of aromatic amines is 1. The van der Waals surface area contributed by atoms with E-state index in [1.54, 1.807) is 55.2 Å². The Labute approximate surface area is 259 Å². The van der Waals surface area contributed by atoms with E-state index >= 15 is 0 Å². The maximum absolute atomic E-state index is 13.5. The molecule has 5 rings (SSSR count). The van der Waals surface area contributed by atoms with Gasteiger partial charge in [0.1, 0.15) is 23.2 Å². The summed E-state index contributed by atoms with van der Waals surface area (Å²) in [5, 5.41) is 18.4. The van der Waals surface area contributed by atoms with Gasteiger partial charge < -0.3 is 9.72 Å². The SMILES string of the molecule is CCCc1nn(C)c2c(=O)[nH]c(-c3cc(S(=O)(=O)N[C@@H](C)Cn4ccc(-c5ccc(C#N)c(Cl)c5)n4)ccc3OCC)nc12. The fourth-order valence-corrected chi connectivity index (χ4v) is 6.44. The molecule has 0 amide bonds. The molecule has 0 saturated heterocycles. The number of sulfonamides is 1. The van der Waals surface area contributed by atoms with Gasteiger partial charge in [0.25, 0.3) is 5.56 Å². The molecule has 12 nitrogen and oxygen atoms in total. The van der Waals surface area contributed by atoms with Crippen LogP contribution in [0.3, 0.4) is 0 Å². The van der Waals surface area contributed by atoms with Gasteiger partial charge in [-0.3, -0.25) is 14.2 Å². The zero-order chi connectivity index (χ0) is 31.6. The predicted molar refractivity (Wildman–Crippen MR) is 167 cm³/mol. The molecule has 5 aromatic rings. The number of nitrogens with one attached hydrogen (secondary N) is 2. The summed E-state index contributed by atoms with van der Waals surface area (Å²) in [5.41, 5.74) is 3.21. The highest BCUT2D eigenvalue weighted by atomic mass is 35.5. The van der Waals surface area contributed by atoms with Crippen molar-refractivity contribution in [1.29, 1.82) is 5.26 Å². The summed E-state index contributed by atoms with van der Waals surface area (Å²) in [4.78, 5) is 20.5. The van der Waals surface area contributed by atoms with Gasteiger partial charge in [0, 0.05) is 24.8 Å². The Bertz CT molecular complexity index is 2060. The zero-order valence-corrected chi connectivity index (χ0v) is 26.2. The van der Waals surface area contributed by atoms with Crippen molar-refractivity contribution in [2.24, 2.45) is 7.05 Å². The number of hydrogen-bond acceptors (Lipinski definition) is 8. The number of aryl methyl sites for hydroxylation is 2. The summed E-state index contributed by atoms with van der Waals surface area (Å²) in [5.74, 6) is 0.572. The molecule has 0 spiro atoms. The minimum Gasteiger partial charge on any atom is -0.493 e. The fraction of sp³-hybridized carbons (Fsp3) is 0.300. The van der Waals surface area contributed by atoms with Crippen LogP contribution >= 0.6 is 11.6 Å². The molecule has 0 radical (unpaired) electrons. The lowest BCUT2D eigenvalue weighted by atomic mass is 10.1. The number of ether oxygens (including phenoxy) is 1. The van der Waals surface area contributed by atoms with Gasteiger partial charge in [0.15, 0.2) is 5.52 Å². The van der Waals surface area contributed by atoms with Crippen LogP contribution in [0.2, 0.25) is 5.02 Å². The minimum absolute atomic E-state index is 0.0149. The number of halogens is 1. The van der Waals surface area contributed by atoms with Gasteiger partial charge in [-0.05, 0) is 56.7 Å². The van der Waals surface area contributed by atoms with E-state index in [-0.39, 0.29) is 22.8 Å². The van der Waals surface area contributed by atoms with Crippen molar-refractivity contribution >= 4 is 32.7 Å². The molecule has 44 heavy (non-hydrogen) atoms. The van der Waals surface area contributed by atoms with Gasteiger partial charge in [0.2, 0.25) is 10.0 Å². The first kappa shape index (κ1) is 30.9. The first-order valence-corrected chi connectivity index (χ1v) is 15.9. The largest absolute Gasteiger partial charge is 0.493 e. The minimum atomic E-state index is -4.00. The molecule has 3 aromatic heterocycles. The van der Waals surface area contributed by atoms with Gasteiger partial charge >= 0.3 is 0 Å². The van der Waals surface area contributed by atoms with Crippen molar-refractivity contribution in [2.75, 3.05) is 6.61 Å². The third-order valence-corrected chi connectivity index (χ3v) is 8.81. The zero-order valence-electron chi connectivity index (χ0n) is 24.6. The Morgan fingerprint density at radius 1 is 1.16 bits per heavy atom.